The number of anilines is 1. The first-order chi connectivity index (χ1) is 13.5. The van der Waals surface area contributed by atoms with E-state index >= 15 is 0 Å². The number of benzene rings is 1. The molecule has 0 saturated carbocycles. The third kappa shape index (κ3) is 3.23. The summed E-state index contributed by atoms with van der Waals surface area (Å²) < 4.78 is 1.77. The Labute approximate surface area is 165 Å². The molecule has 0 bridgehead atoms. The maximum Gasteiger partial charge on any atom is 0.255 e. The minimum Gasteiger partial charge on any atom is -0.371 e. The minimum absolute atomic E-state index is 0.00798. The third-order valence-corrected chi connectivity index (χ3v) is 5.61. The highest BCUT2D eigenvalue weighted by atomic mass is 16.2. The topological polar surface area (TPSA) is 54.3 Å². The molecule has 146 valence electrons. The second-order valence-electron chi connectivity index (χ2n) is 7.69. The number of carbonyl (C=O) groups is 1. The fourth-order valence-corrected chi connectivity index (χ4v) is 4.09. The quantitative estimate of drug-likeness (QED) is 0.699. The summed E-state index contributed by atoms with van der Waals surface area (Å²) in [6.45, 7) is 6.60. The Bertz CT molecular complexity index is 1030. The van der Waals surface area contributed by atoms with E-state index in [4.69, 9.17) is 0 Å². The highest BCUT2D eigenvalue weighted by Crippen LogP contribution is 2.26. The number of nitrogens with zero attached hydrogens (tertiary/aromatic N) is 5. The second-order valence-corrected chi connectivity index (χ2v) is 7.69. The maximum atomic E-state index is 13.2. The first-order valence-corrected chi connectivity index (χ1v) is 9.85. The van der Waals surface area contributed by atoms with Gasteiger partial charge in [0.25, 0.3) is 5.91 Å². The third-order valence-electron chi connectivity index (χ3n) is 5.61. The summed E-state index contributed by atoms with van der Waals surface area (Å²) in [5.74, 6) is -0.00798. The fraction of sp³-hybridized carbons (Fsp3) is 0.409. The van der Waals surface area contributed by atoms with Crippen LogP contribution < -0.4 is 4.90 Å². The lowest BCUT2D eigenvalue weighted by Gasteiger charge is -2.25. The Kier molecular flexibility index (Phi) is 4.79. The first kappa shape index (κ1) is 18.5. The minimum atomic E-state index is -0.00798. The lowest BCUT2D eigenvalue weighted by Crippen LogP contribution is -2.28. The van der Waals surface area contributed by atoms with Gasteiger partial charge < -0.3 is 9.80 Å². The van der Waals surface area contributed by atoms with E-state index in [1.165, 1.54) is 24.1 Å². The summed E-state index contributed by atoms with van der Waals surface area (Å²) in [7, 11) is 3.74. The number of hydrogen-bond donors (Lipinski definition) is 0. The van der Waals surface area contributed by atoms with Gasteiger partial charge in [-0.25, -0.2) is 4.98 Å². The van der Waals surface area contributed by atoms with Gasteiger partial charge in [0, 0.05) is 44.8 Å². The molecule has 3 heterocycles. The number of rotatable bonds is 4. The molecule has 0 atom stereocenters. The number of pyridine rings is 1. The zero-order chi connectivity index (χ0) is 19.8. The van der Waals surface area contributed by atoms with Gasteiger partial charge in [-0.1, -0.05) is 18.2 Å². The number of para-hydroxylation sites is 1. The van der Waals surface area contributed by atoms with E-state index in [1.54, 1.807) is 9.58 Å². The molecule has 2 aromatic heterocycles. The summed E-state index contributed by atoms with van der Waals surface area (Å²) >= 11 is 0. The molecule has 0 unspecified atom stereocenters. The van der Waals surface area contributed by atoms with Crippen molar-refractivity contribution in [3.05, 3.63) is 52.8 Å². The van der Waals surface area contributed by atoms with Crippen LogP contribution in [0.25, 0.3) is 11.0 Å². The smallest absolute Gasteiger partial charge is 0.255 e. The standard InChI is InChI=1S/C22H27N5O/c1-15-19(13-18-16(2)24-26(4)21(18)23-15)22(28)25(3)14-17-9-5-6-10-20(17)27-11-7-8-12-27/h5-6,9-10,13H,7-8,11-12,14H2,1-4H3. The van der Waals surface area contributed by atoms with Crippen molar-refractivity contribution in [2.75, 3.05) is 25.0 Å². The molecule has 1 aliphatic rings. The highest BCUT2D eigenvalue weighted by Gasteiger charge is 2.21. The maximum absolute atomic E-state index is 13.2. The molecule has 1 amide bonds. The molecule has 0 N–H and O–H groups in total. The SMILES string of the molecule is Cc1nc2c(cc1C(=O)N(C)Cc1ccccc1N1CCCC1)c(C)nn2C. The van der Waals surface area contributed by atoms with Gasteiger partial charge in [-0.15, -0.1) is 0 Å². The molecule has 0 radical (unpaired) electrons. The number of hydrogen-bond acceptors (Lipinski definition) is 4. The molecular formula is C22H27N5O. The van der Waals surface area contributed by atoms with Crippen molar-refractivity contribution < 1.29 is 4.79 Å². The Morgan fingerprint density at radius 3 is 2.61 bits per heavy atom. The Hall–Kier alpha value is -2.89. The van der Waals surface area contributed by atoms with Crippen LogP contribution in [0.5, 0.6) is 0 Å². The van der Waals surface area contributed by atoms with Crippen LogP contribution in [0, 0.1) is 13.8 Å². The Morgan fingerprint density at radius 1 is 1.14 bits per heavy atom. The van der Waals surface area contributed by atoms with Gasteiger partial charge >= 0.3 is 0 Å². The summed E-state index contributed by atoms with van der Waals surface area (Å²) in [5.41, 5.74) is 5.51. The van der Waals surface area contributed by atoms with Gasteiger partial charge in [0.2, 0.25) is 0 Å². The zero-order valence-corrected chi connectivity index (χ0v) is 17.1. The van der Waals surface area contributed by atoms with E-state index in [-0.39, 0.29) is 5.91 Å². The molecule has 28 heavy (non-hydrogen) atoms. The Balaban J connectivity index is 1.62. The first-order valence-electron chi connectivity index (χ1n) is 9.85. The van der Waals surface area contributed by atoms with E-state index < -0.39 is 0 Å². The van der Waals surface area contributed by atoms with E-state index in [9.17, 15) is 4.79 Å². The van der Waals surface area contributed by atoms with Gasteiger partial charge in [0.1, 0.15) is 0 Å². The van der Waals surface area contributed by atoms with Gasteiger partial charge in [-0.2, -0.15) is 5.10 Å². The van der Waals surface area contributed by atoms with Crippen LogP contribution in [0.3, 0.4) is 0 Å². The predicted molar refractivity (Wildman–Crippen MR) is 112 cm³/mol. The fourth-order valence-electron chi connectivity index (χ4n) is 4.09. The van der Waals surface area contributed by atoms with Gasteiger partial charge in [-0.3, -0.25) is 9.48 Å². The van der Waals surface area contributed by atoms with Gasteiger partial charge in [0.15, 0.2) is 5.65 Å². The molecule has 1 saturated heterocycles. The summed E-state index contributed by atoms with van der Waals surface area (Å²) in [5, 5.41) is 5.36. The van der Waals surface area contributed by atoms with Gasteiger partial charge in [0.05, 0.1) is 17.0 Å². The van der Waals surface area contributed by atoms with Gasteiger partial charge in [-0.05, 0) is 44.4 Å². The van der Waals surface area contributed by atoms with E-state index in [0.717, 1.165) is 35.5 Å². The molecule has 6 nitrogen and oxygen atoms in total. The molecule has 0 spiro atoms. The van der Waals surface area contributed by atoms with Crippen LogP contribution >= 0.6 is 0 Å². The van der Waals surface area contributed by atoms with Crippen LogP contribution in [-0.2, 0) is 13.6 Å². The van der Waals surface area contributed by atoms with Crippen LogP contribution in [0.2, 0.25) is 0 Å². The molecule has 4 rings (SSSR count). The number of amides is 1. The summed E-state index contributed by atoms with van der Waals surface area (Å²) in [4.78, 5) is 22.1. The molecule has 1 aliphatic heterocycles. The molecule has 3 aromatic rings. The molecule has 6 heteroatoms. The van der Waals surface area contributed by atoms with Crippen molar-refractivity contribution in [3.63, 3.8) is 0 Å². The highest BCUT2D eigenvalue weighted by molar-refractivity contribution is 5.98. The predicted octanol–water partition coefficient (Wildman–Crippen LogP) is 3.46. The van der Waals surface area contributed by atoms with Crippen LogP contribution in [0.1, 0.15) is 40.2 Å². The second kappa shape index (κ2) is 7.26. The molecule has 1 fully saturated rings. The lowest BCUT2D eigenvalue weighted by molar-refractivity contribution is 0.0784. The summed E-state index contributed by atoms with van der Waals surface area (Å²) in [6, 6.07) is 10.3. The largest absolute Gasteiger partial charge is 0.371 e. The monoisotopic (exact) mass is 377 g/mol. The number of fused-ring (bicyclic) bond motifs is 1. The molecule has 0 aliphatic carbocycles. The van der Waals surface area contributed by atoms with Crippen LogP contribution in [0.4, 0.5) is 5.69 Å². The number of aryl methyl sites for hydroxylation is 3. The average Bonchev–Trinajstić information content (AvgIpc) is 3.30. The lowest BCUT2D eigenvalue weighted by atomic mass is 10.1. The van der Waals surface area contributed by atoms with Crippen molar-refractivity contribution in [3.8, 4) is 0 Å². The van der Waals surface area contributed by atoms with Crippen molar-refractivity contribution in [2.45, 2.75) is 33.2 Å². The van der Waals surface area contributed by atoms with Crippen molar-refractivity contribution in [1.82, 2.24) is 19.7 Å². The molecule has 1 aromatic carbocycles. The van der Waals surface area contributed by atoms with Crippen molar-refractivity contribution >= 4 is 22.6 Å². The molecular weight excluding hydrogens is 350 g/mol. The average molecular weight is 377 g/mol. The van der Waals surface area contributed by atoms with E-state index in [2.05, 4.69) is 33.2 Å². The van der Waals surface area contributed by atoms with Crippen molar-refractivity contribution in [2.24, 2.45) is 7.05 Å². The Morgan fingerprint density at radius 2 is 1.86 bits per heavy atom. The number of aromatic nitrogens is 3. The normalized spacial score (nSPS) is 14.1. The summed E-state index contributed by atoms with van der Waals surface area (Å²) in [6.07, 6.45) is 2.47. The van der Waals surface area contributed by atoms with Crippen LogP contribution in [-0.4, -0.2) is 45.7 Å². The van der Waals surface area contributed by atoms with E-state index in [0.29, 0.717) is 12.1 Å². The van der Waals surface area contributed by atoms with E-state index in [1.807, 2.05) is 40.1 Å². The van der Waals surface area contributed by atoms with Crippen LogP contribution in [0.15, 0.2) is 30.3 Å². The van der Waals surface area contributed by atoms with Crippen molar-refractivity contribution in [1.29, 1.82) is 0 Å². The zero-order valence-electron chi connectivity index (χ0n) is 17.1. The number of carbonyl (C=O) groups excluding carboxylic acids is 1.